The second-order valence-corrected chi connectivity index (χ2v) is 5.60. The van der Waals surface area contributed by atoms with Crippen LogP contribution in [0.25, 0.3) is 0 Å². The minimum absolute atomic E-state index is 0. The van der Waals surface area contributed by atoms with Crippen molar-refractivity contribution in [2.45, 2.75) is 72.6 Å². The molecular formula is C21H36N2O5. The summed E-state index contributed by atoms with van der Waals surface area (Å²) in [4.78, 5) is 41.8. The summed E-state index contributed by atoms with van der Waals surface area (Å²) in [7, 11) is 0. The van der Waals surface area contributed by atoms with E-state index in [0.29, 0.717) is 38.6 Å². The number of aliphatic carboxylic acids is 1. The summed E-state index contributed by atoms with van der Waals surface area (Å²) in [5.74, 6) is 4.00. The Balaban J connectivity index is -0.000000171. The predicted molar refractivity (Wildman–Crippen MR) is 112 cm³/mol. The number of Topliss-reactive ketones (excluding diaryl/α,β-unsaturated/α-hetero) is 2. The maximum atomic E-state index is 11.0. The molecule has 0 saturated heterocycles. The molecule has 0 aromatic rings. The van der Waals surface area contributed by atoms with Crippen LogP contribution in [0.3, 0.4) is 0 Å². The van der Waals surface area contributed by atoms with Gasteiger partial charge in [0.1, 0.15) is 11.6 Å². The Labute approximate surface area is 169 Å². The fourth-order valence-electron chi connectivity index (χ4n) is 1.55. The molecule has 0 fully saturated rings. The van der Waals surface area contributed by atoms with Crippen LogP contribution < -0.4 is 11.1 Å². The molecule has 0 bridgehead atoms. The number of terminal acetylenes is 2. The van der Waals surface area contributed by atoms with E-state index >= 15 is 0 Å². The van der Waals surface area contributed by atoms with Gasteiger partial charge in [0.2, 0.25) is 5.91 Å². The molecule has 0 rings (SSSR count). The predicted octanol–water partition coefficient (Wildman–Crippen LogP) is 2.32. The summed E-state index contributed by atoms with van der Waals surface area (Å²) in [5, 5.41) is 10.8. The molecule has 4 N–H and O–H groups in total. The Bertz CT molecular complexity index is 500. The lowest BCUT2D eigenvalue weighted by molar-refractivity contribution is -0.137. The van der Waals surface area contributed by atoms with Crippen molar-refractivity contribution in [2.75, 3.05) is 13.1 Å². The molecule has 0 spiro atoms. The van der Waals surface area contributed by atoms with Crippen LogP contribution in [-0.4, -0.2) is 41.6 Å². The molecule has 7 heteroatoms. The molecule has 1 amide bonds. The molecule has 0 aromatic heterocycles. The third-order valence-corrected chi connectivity index (χ3v) is 2.86. The van der Waals surface area contributed by atoms with Crippen LogP contribution in [0.5, 0.6) is 0 Å². The largest absolute Gasteiger partial charge is 0.481 e. The zero-order valence-corrected chi connectivity index (χ0v) is 16.4. The lowest BCUT2D eigenvalue weighted by atomic mass is 10.1. The highest BCUT2D eigenvalue weighted by atomic mass is 16.4. The van der Waals surface area contributed by atoms with Gasteiger partial charge in [-0.25, -0.2) is 0 Å². The van der Waals surface area contributed by atoms with E-state index in [4.69, 9.17) is 17.3 Å². The number of unbranched alkanes of at least 4 members (excludes halogenated alkanes) is 2. The van der Waals surface area contributed by atoms with Gasteiger partial charge in [0.15, 0.2) is 0 Å². The van der Waals surface area contributed by atoms with Gasteiger partial charge >= 0.3 is 5.97 Å². The molecule has 0 unspecified atom stereocenters. The molecule has 0 saturated carbocycles. The van der Waals surface area contributed by atoms with Crippen molar-refractivity contribution in [3.8, 4) is 24.7 Å². The summed E-state index contributed by atoms with van der Waals surface area (Å²) in [6.07, 6.45) is 14.1. The molecule has 0 aliphatic rings. The standard InChI is InChI=1S/C10H15NO2.C7H12O3.C3H5N.CH4/c1-3-8-11-10(13)7-5-4-6-9(2)12;1-6(8)4-2-3-5-7(9)10;1-2-3-4;/h1H,4-8H2,2H3,(H,11,13);2-5H2,1H3,(H,9,10);1H,3-4H2;1H4. The Morgan fingerprint density at radius 2 is 1.25 bits per heavy atom. The molecule has 0 aliphatic carbocycles. The first-order chi connectivity index (χ1) is 12.7. The number of rotatable bonds is 11. The number of carbonyl (C=O) groups is 4. The van der Waals surface area contributed by atoms with E-state index in [-0.39, 0.29) is 37.9 Å². The number of nitrogens with one attached hydrogen (secondary N) is 1. The monoisotopic (exact) mass is 396 g/mol. The Morgan fingerprint density at radius 1 is 0.857 bits per heavy atom. The smallest absolute Gasteiger partial charge is 0.303 e. The van der Waals surface area contributed by atoms with Crippen LogP contribution in [0, 0.1) is 24.7 Å². The number of carboxylic acids is 1. The fraction of sp³-hybridized carbons (Fsp3) is 0.619. The third-order valence-electron chi connectivity index (χ3n) is 2.86. The van der Waals surface area contributed by atoms with Crippen LogP contribution >= 0.6 is 0 Å². The Morgan fingerprint density at radius 3 is 1.57 bits per heavy atom. The van der Waals surface area contributed by atoms with Crippen molar-refractivity contribution < 1.29 is 24.3 Å². The maximum absolute atomic E-state index is 11.0. The molecule has 0 atom stereocenters. The summed E-state index contributed by atoms with van der Waals surface area (Å²) in [6.45, 7) is 3.70. The summed E-state index contributed by atoms with van der Waals surface area (Å²) in [6, 6.07) is 0. The van der Waals surface area contributed by atoms with Crippen LogP contribution in [-0.2, 0) is 19.2 Å². The Kier molecular flexibility index (Phi) is 31.3. The van der Waals surface area contributed by atoms with E-state index in [1.54, 1.807) is 6.92 Å². The van der Waals surface area contributed by atoms with Crippen LogP contribution in [0.4, 0.5) is 0 Å². The number of amides is 1. The quantitative estimate of drug-likeness (QED) is 0.363. The Hall–Kier alpha value is -2.64. The molecule has 160 valence electrons. The van der Waals surface area contributed by atoms with E-state index in [2.05, 4.69) is 23.6 Å². The van der Waals surface area contributed by atoms with Gasteiger partial charge in [-0.05, 0) is 39.5 Å². The van der Waals surface area contributed by atoms with Gasteiger partial charge in [-0.2, -0.15) is 0 Å². The first-order valence-electron chi connectivity index (χ1n) is 8.75. The highest BCUT2D eigenvalue weighted by molar-refractivity contribution is 5.77. The van der Waals surface area contributed by atoms with E-state index < -0.39 is 5.97 Å². The first-order valence-corrected chi connectivity index (χ1v) is 8.75. The van der Waals surface area contributed by atoms with Gasteiger partial charge in [-0.3, -0.25) is 9.59 Å². The van der Waals surface area contributed by atoms with E-state index in [9.17, 15) is 19.2 Å². The van der Waals surface area contributed by atoms with E-state index in [1.165, 1.54) is 6.92 Å². The van der Waals surface area contributed by atoms with E-state index in [0.717, 1.165) is 12.8 Å². The average molecular weight is 397 g/mol. The van der Waals surface area contributed by atoms with Crippen molar-refractivity contribution in [1.29, 1.82) is 0 Å². The molecule has 0 aliphatic heterocycles. The normalized spacial score (nSPS) is 8.18. The van der Waals surface area contributed by atoms with Crippen LogP contribution in [0.15, 0.2) is 0 Å². The van der Waals surface area contributed by atoms with Crippen LogP contribution in [0.1, 0.15) is 72.6 Å². The molecule has 0 heterocycles. The number of carbonyl (C=O) groups excluding carboxylic acids is 3. The van der Waals surface area contributed by atoms with Crippen molar-refractivity contribution in [1.82, 2.24) is 5.32 Å². The molecule has 0 aromatic carbocycles. The lowest BCUT2D eigenvalue weighted by Crippen LogP contribution is -2.22. The topological polar surface area (TPSA) is 127 Å². The molecule has 28 heavy (non-hydrogen) atoms. The van der Waals surface area contributed by atoms with E-state index in [1.807, 2.05) is 0 Å². The van der Waals surface area contributed by atoms with Crippen molar-refractivity contribution in [3.63, 3.8) is 0 Å². The summed E-state index contributed by atoms with van der Waals surface area (Å²) >= 11 is 0. The molecule has 0 radical (unpaired) electrons. The number of hydrogen-bond acceptors (Lipinski definition) is 5. The highest BCUT2D eigenvalue weighted by Crippen LogP contribution is 2.00. The second kappa shape index (κ2) is 26.6. The zero-order chi connectivity index (χ0) is 21.5. The van der Waals surface area contributed by atoms with Crippen LogP contribution in [0.2, 0.25) is 0 Å². The number of nitrogens with two attached hydrogens (primary N) is 1. The SMILES string of the molecule is C.C#CCN.C#CCNC(=O)CCCCC(C)=O.CC(=O)CCCCC(=O)O. The average Bonchev–Trinajstić information content (AvgIpc) is 2.61. The number of hydrogen-bond donors (Lipinski definition) is 3. The minimum atomic E-state index is -0.788. The van der Waals surface area contributed by atoms with Gasteiger partial charge in [-0.15, -0.1) is 12.8 Å². The summed E-state index contributed by atoms with van der Waals surface area (Å²) < 4.78 is 0. The highest BCUT2D eigenvalue weighted by Gasteiger charge is 2.00. The minimum Gasteiger partial charge on any atom is -0.481 e. The third kappa shape index (κ3) is 43.6. The van der Waals surface area contributed by atoms with Crippen molar-refractivity contribution >= 4 is 23.4 Å². The first kappa shape index (κ1) is 33.0. The second-order valence-electron chi connectivity index (χ2n) is 5.60. The van der Waals surface area contributed by atoms with Gasteiger partial charge in [0.25, 0.3) is 0 Å². The van der Waals surface area contributed by atoms with Gasteiger partial charge in [0.05, 0.1) is 13.1 Å². The molecule has 7 nitrogen and oxygen atoms in total. The fourth-order valence-corrected chi connectivity index (χ4v) is 1.55. The zero-order valence-electron chi connectivity index (χ0n) is 16.4. The van der Waals surface area contributed by atoms with Crippen molar-refractivity contribution in [2.24, 2.45) is 5.73 Å². The number of carboxylic acid groups (broad SMARTS) is 1. The number of ketones is 2. The van der Waals surface area contributed by atoms with Gasteiger partial charge in [0, 0.05) is 25.7 Å². The maximum Gasteiger partial charge on any atom is 0.303 e. The van der Waals surface area contributed by atoms with Crippen molar-refractivity contribution in [3.05, 3.63) is 0 Å². The molecular weight excluding hydrogens is 360 g/mol. The van der Waals surface area contributed by atoms with Gasteiger partial charge < -0.3 is 25.7 Å². The summed E-state index contributed by atoms with van der Waals surface area (Å²) in [5.41, 5.74) is 4.79. The lowest BCUT2D eigenvalue weighted by Gasteiger charge is -2.00. The van der Waals surface area contributed by atoms with Gasteiger partial charge in [-0.1, -0.05) is 19.3 Å².